The molecule has 1 aromatic heterocycles. The van der Waals surface area contributed by atoms with Gasteiger partial charge in [-0.2, -0.15) is 0 Å². The highest BCUT2D eigenvalue weighted by molar-refractivity contribution is 7.93. The van der Waals surface area contributed by atoms with Crippen LogP contribution in [-0.2, 0) is 9.84 Å². The van der Waals surface area contributed by atoms with E-state index in [4.69, 9.17) is 11.6 Å². The number of carbonyl (C=O) groups is 1. The lowest BCUT2D eigenvalue weighted by atomic mass is 10.3. The van der Waals surface area contributed by atoms with Gasteiger partial charge in [-0.05, 0) is 36.4 Å². The second kappa shape index (κ2) is 6.76. The van der Waals surface area contributed by atoms with E-state index in [0.717, 1.165) is 11.3 Å². The van der Waals surface area contributed by atoms with Crippen molar-refractivity contribution in [2.24, 2.45) is 0 Å². The van der Waals surface area contributed by atoms with Crippen LogP contribution in [0.15, 0.2) is 75.8 Å². The second-order valence-electron chi connectivity index (χ2n) is 4.87. The van der Waals surface area contributed by atoms with Gasteiger partial charge in [0.05, 0.1) is 20.5 Å². The van der Waals surface area contributed by atoms with Gasteiger partial charge in [0, 0.05) is 0 Å². The van der Waals surface area contributed by atoms with Crippen molar-refractivity contribution in [2.75, 3.05) is 5.32 Å². The SMILES string of the molecule is O=C(Nc1ccccc1Cl)c1ccc(S(=O)(=O)c2ccccc2)s1. The van der Waals surface area contributed by atoms with Gasteiger partial charge >= 0.3 is 0 Å². The smallest absolute Gasteiger partial charge is 0.265 e. The van der Waals surface area contributed by atoms with E-state index in [1.54, 1.807) is 42.5 Å². The Morgan fingerprint density at radius 1 is 0.917 bits per heavy atom. The van der Waals surface area contributed by atoms with Crippen LogP contribution in [0.3, 0.4) is 0 Å². The zero-order valence-corrected chi connectivity index (χ0v) is 14.7. The van der Waals surface area contributed by atoms with Crippen LogP contribution in [-0.4, -0.2) is 14.3 Å². The molecule has 0 unspecified atom stereocenters. The molecule has 0 saturated heterocycles. The Morgan fingerprint density at radius 3 is 2.29 bits per heavy atom. The van der Waals surface area contributed by atoms with Gasteiger partial charge in [0.15, 0.2) is 0 Å². The van der Waals surface area contributed by atoms with Gasteiger partial charge in [-0.3, -0.25) is 4.79 Å². The number of para-hydroxylation sites is 1. The van der Waals surface area contributed by atoms with Crippen LogP contribution in [0.5, 0.6) is 0 Å². The van der Waals surface area contributed by atoms with Crippen molar-refractivity contribution in [1.29, 1.82) is 0 Å². The number of thiophene rings is 1. The molecule has 1 N–H and O–H groups in total. The standard InChI is InChI=1S/C17H12ClNO3S2/c18-13-8-4-5-9-14(13)19-17(20)15-10-11-16(23-15)24(21,22)12-6-2-1-3-7-12/h1-11H,(H,19,20). The van der Waals surface area contributed by atoms with Crippen LogP contribution >= 0.6 is 22.9 Å². The monoisotopic (exact) mass is 377 g/mol. The zero-order chi connectivity index (χ0) is 17.2. The first-order valence-electron chi connectivity index (χ1n) is 6.94. The quantitative estimate of drug-likeness (QED) is 0.728. The highest BCUT2D eigenvalue weighted by Gasteiger charge is 2.21. The van der Waals surface area contributed by atoms with Gasteiger partial charge in [-0.1, -0.05) is 41.9 Å². The lowest BCUT2D eigenvalue weighted by molar-refractivity contribution is 0.103. The average Bonchev–Trinajstić information content (AvgIpc) is 3.09. The van der Waals surface area contributed by atoms with Crippen LogP contribution < -0.4 is 5.32 Å². The van der Waals surface area contributed by atoms with E-state index >= 15 is 0 Å². The normalized spacial score (nSPS) is 11.2. The predicted octanol–water partition coefficient (Wildman–Crippen LogP) is 4.49. The van der Waals surface area contributed by atoms with Crippen molar-refractivity contribution >= 4 is 44.4 Å². The summed E-state index contributed by atoms with van der Waals surface area (Å²) in [5.41, 5.74) is 0.477. The first-order valence-corrected chi connectivity index (χ1v) is 9.62. The molecule has 3 rings (SSSR count). The van der Waals surface area contributed by atoms with Crippen LogP contribution in [0.4, 0.5) is 5.69 Å². The Hall–Kier alpha value is -2.15. The van der Waals surface area contributed by atoms with Crippen molar-refractivity contribution in [3.8, 4) is 0 Å². The Balaban J connectivity index is 1.86. The molecular weight excluding hydrogens is 366 g/mol. The molecule has 3 aromatic rings. The summed E-state index contributed by atoms with van der Waals surface area (Å²) in [5, 5.41) is 3.09. The van der Waals surface area contributed by atoms with Crippen LogP contribution in [0, 0.1) is 0 Å². The summed E-state index contributed by atoms with van der Waals surface area (Å²) in [6.45, 7) is 0. The van der Waals surface area contributed by atoms with E-state index in [1.807, 2.05) is 0 Å². The third-order valence-electron chi connectivity index (χ3n) is 3.25. The van der Waals surface area contributed by atoms with E-state index in [9.17, 15) is 13.2 Å². The maximum Gasteiger partial charge on any atom is 0.265 e. The van der Waals surface area contributed by atoms with Gasteiger partial charge in [-0.25, -0.2) is 8.42 Å². The van der Waals surface area contributed by atoms with Gasteiger partial charge in [0.1, 0.15) is 4.21 Å². The number of nitrogens with one attached hydrogen (secondary N) is 1. The van der Waals surface area contributed by atoms with Gasteiger partial charge in [-0.15, -0.1) is 11.3 Å². The van der Waals surface area contributed by atoms with E-state index in [-0.39, 0.29) is 9.10 Å². The topological polar surface area (TPSA) is 63.2 Å². The molecule has 0 aliphatic carbocycles. The molecule has 7 heteroatoms. The second-order valence-corrected chi connectivity index (χ2v) is 8.54. The molecule has 0 bridgehead atoms. The number of halogens is 1. The average molecular weight is 378 g/mol. The molecule has 1 heterocycles. The molecule has 24 heavy (non-hydrogen) atoms. The first-order chi connectivity index (χ1) is 11.5. The van der Waals surface area contributed by atoms with Crippen molar-refractivity contribution in [3.05, 3.63) is 76.6 Å². The minimum atomic E-state index is -3.62. The number of anilines is 1. The van der Waals surface area contributed by atoms with Crippen molar-refractivity contribution in [3.63, 3.8) is 0 Å². The minimum absolute atomic E-state index is 0.123. The first kappa shape index (κ1) is 16.7. The minimum Gasteiger partial charge on any atom is -0.320 e. The molecule has 1 amide bonds. The summed E-state index contributed by atoms with van der Waals surface area (Å²) in [4.78, 5) is 12.8. The number of benzene rings is 2. The van der Waals surface area contributed by atoms with E-state index in [1.165, 1.54) is 24.3 Å². The summed E-state index contributed by atoms with van der Waals surface area (Å²) in [5.74, 6) is -0.400. The fourth-order valence-corrected chi connectivity index (χ4v) is 4.86. The van der Waals surface area contributed by atoms with Gasteiger partial charge < -0.3 is 5.32 Å². The number of hydrogen-bond donors (Lipinski definition) is 1. The third kappa shape index (κ3) is 3.36. The van der Waals surface area contributed by atoms with Crippen LogP contribution in [0.25, 0.3) is 0 Å². The summed E-state index contributed by atoms with van der Waals surface area (Å²) < 4.78 is 25.2. The van der Waals surface area contributed by atoms with E-state index in [2.05, 4.69) is 5.32 Å². The molecule has 0 saturated carbocycles. The van der Waals surface area contributed by atoms with Crippen LogP contribution in [0.1, 0.15) is 9.67 Å². The fraction of sp³-hybridized carbons (Fsp3) is 0. The summed E-state index contributed by atoms with van der Waals surface area (Å²) >= 11 is 6.93. The molecule has 0 aliphatic rings. The lowest BCUT2D eigenvalue weighted by Crippen LogP contribution is -2.10. The molecular formula is C17H12ClNO3S2. The van der Waals surface area contributed by atoms with Crippen LogP contribution in [0.2, 0.25) is 5.02 Å². The molecule has 0 aliphatic heterocycles. The maximum absolute atomic E-state index is 12.5. The van der Waals surface area contributed by atoms with Gasteiger partial charge in [0.25, 0.3) is 5.91 Å². The molecule has 122 valence electrons. The summed E-state index contributed by atoms with van der Waals surface area (Å²) in [6.07, 6.45) is 0. The molecule has 4 nitrogen and oxygen atoms in total. The predicted molar refractivity (Wildman–Crippen MR) is 95.6 cm³/mol. The van der Waals surface area contributed by atoms with E-state index < -0.39 is 15.7 Å². The van der Waals surface area contributed by atoms with Crippen molar-refractivity contribution in [1.82, 2.24) is 0 Å². The zero-order valence-electron chi connectivity index (χ0n) is 12.3. The Labute approximate surface area is 148 Å². The number of sulfone groups is 1. The highest BCUT2D eigenvalue weighted by atomic mass is 35.5. The fourth-order valence-electron chi connectivity index (χ4n) is 2.05. The highest BCUT2D eigenvalue weighted by Crippen LogP contribution is 2.29. The van der Waals surface area contributed by atoms with E-state index in [0.29, 0.717) is 15.6 Å². The van der Waals surface area contributed by atoms with Crippen molar-refractivity contribution < 1.29 is 13.2 Å². The summed E-state index contributed by atoms with van der Waals surface area (Å²) in [7, 11) is -3.62. The number of amides is 1. The van der Waals surface area contributed by atoms with Crippen molar-refractivity contribution in [2.45, 2.75) is 9.10 Å². The molecule has 0 spiro atoms. The molecule has 2 aromatic carbocycles. The third-order valence-corrected chi connectivity index (χ3v) is 6.92. The molecule has 0 radical (unpaired) electrons. The number of hydrogen-bond acceptors (Lipinski definition) is 4. The lowest BCUT2D eigenvalue weighted by Gasteiger charge is -2.05. The Morgan fingerprint density at radius 2 is 1.58 bits per heavy atom. The number of carbonyl (C=O) groups excluding carboxylic acids is 1. The Bertz CT molecular complexity index is 982. The van der Waals surface area contributed by atoms with Gasteiger partial charge in [0.2, 0.25) is 9.84 Å². The summed E-state index contributed by atoms with van der Waals surface area (Å²) in [6, 6.07) is 17.9. The maximum atomic E-state index is 12.5. The molecule has 0 fully saturated rings. The largest absolute Gasteiger partial charge is 0.320 e. The Kier molecular flexibility index (Phi) is 4.71. The molecule has 0 atom stereocenters. The number of rotatable bonds is 4.